The SMILES string of the molecule is CCN(CC)CCNC(=O)c1c(C)nc2cc(C)ccn12. The second-order valence-electron chi connectivity index (χ2n) is 5.26. The van der Waals surface area contributed by atoms with Crippen LogP contribution in [0.3, 0.4) is 0 Å². The van der Waals surface area contributed by atoms with Crippen LogP contribution < -0.4 is 5.32 Å². The van der Waals surface area contributed by atoms with Crippen molar-refractivity contribution in [3.8, 4) is 0 Å². The van der Waals surface area contributed by atoms with Crippen LogP contribution in [0, 0.1) is 13.8 Å². The van der Waals surface area contributed by atoms with Gasteiger partial charge in [-0.2, -0.15) is 0 Å². The van der Waals surface area contributed by atoms with Crippen molar-refractivity contribution in [2.75, 3.05) is 26.2 Å². The van der Waals surface area contributed by atoms with E-state index in [1.165, 1.54) is 0 Å². The number of nitrogens with zero attached hydrogens (tertiary/aromatic N) is 3. The summed E-state index contributed by atoms with van der Waals surface area (Å²) in [6.45, 7) is 11.7. The number of carbonyl (C=O) groups is 1. The molecule has 0 aliphatic rings. The number of nitrogens with one attached hydrogen (secondary N) is 1. The summed E-state index contributed by atoms with van der Waals surface area (Å²) in [5, 5.41) is 2.99. The molecular weight excluding hydrogens is 264 g/mol. The average molecular weight is 288 g/mol. The van der Waals surface area contributed by atoms with Gasteiger partial charge in [0.05, 0.1) is 5.69 Å². The second kappa shape index (κ2) is 6.72. The lowest BCUT2D eigenvalue weighted by atomic mass is 10.3. The summed E-state index contributed by atoms with van der Waals surface area (Å²) >= 11 is 0. The summed E-state index contributed by atoms with van der Waals surface area (Å²) in [5.41, 5.74) is 3.35. The Morgan fingerprint density at radius 2 is 2.05 bits per heavy atom. The zero-order valence-electron chi connectivity index (χ0n) is 13.3. The minimum Gasteiger partial charge on any atom is -0.349 e. The number of pyridine rings is 1. The Labute approximate surface area is 126 Å². The minimum atomic E-state index is -0.0593. The molecule has 0 fully saturated rings. The minimum absolute atomic E-state index is 0.0593. The predicted molar refractivity (Wildman–Crippen MR) is 84.8 cm³/mol. The molecule has 2 rings (SSSR count). The molecule has 2 aromatic rings. The first kappa shape index (κ1) is 15.5. The summed E-state index contributed by atoms with van der Waals surface area (Å²) in [5.74, 6) is -0.0593. The number of amides is 1. The lowest BCUT2D eigenvalue weighted by molar-refractivity contribution is 0.0942. The van der Waals surface area contributed by atoms with Gasteiger partial charge in [0.2, 0.25) is 0 Å². The van der Waals surface area contributed by atoms with Crippen LogP contribution in [0.2, 0.25) is 0 Å². The van der Waals surface area contributed by atoms with E-state index in [-0.39, 0.29) is 5.91 Å². The fraction of sp³-hybridized carbons (Fsp3) is 0.500. The molecule has 0 atom stereocenters. The average Bonchev–Trinajstić information content (AvgIpc) is 2.78. The van der Waals surface area contributed by atoms with Gasteiger partial charge in [0.1, 0.15) is 11.3 Å². The van der Waals surface area contributed by atoms with E-state index in [1.54, 1.807) is 0 Å². The van der Waals surface area contributed by atoms with E-state index in [9.17, 15) is 4.79 Å². The fourth-order valence-electron chi connectivity index (χ4n) is 2.49. The number of aryl methyl sites for hydroxylation is 2. The number of rotatable bonds is 6. The Morgan fingerprint density at radius 1 is 1.33 bits per heavy atom. The third kappa shape index (κ3) is 3.42. The number of imidazole rings is 1. The van der Waals surface area contributed by atoms with Gasteiger partial charge in [-0.15, -0.1) is 0 Å². The highest BCUT2D eigenvalue weighted by Gasteiger charge is 2.16. The molecule has 1 N–H and O–H groups in total. The highest BCUT2D eigenvalue weighted by molar-refractivity contribution is 5.94. The van der Waals surface area contributed by atoms with Crippen molar-refractivity contribution in [3.05, 3.63) is 35.3 Å². The van der Waals surface area contributed by atoms with Crippen molar-refractivity contribution in [1.82, 2.24) is 19.6 Å². The molecule has 0 radical (unpaired) electrons. The van der Waals surface area contributed by atoms with E-state index in [1.807, 2.05) is 36.6 Å². The summed E-state index contributed by atoms with van der Waals surface area (Å²) in [4.78, 5) is 19.1. The third-order valence-electron chi connectivity index (χ3n) is 3.78. The van der Waals surface area contributed by atoms with Gasteiger partial charge in [-0.3, -0.25) is 9.20 Å². The van der Waals surface area contributed by atoms with Crippen LogP contribution >= 0.6 is 0 Å². The maximum absolute atomic E-state index is 12.4. The van der Waals surface area contributed by atoms with Crippen LogP contribution in [0.15, 0.2) is 18.3 Å². The largest absolute Gasteiger partial charge is 0.349 e. The van der Waals surface area contributed by atoms with E-state index >= 15 is 0 Å². The van der Waals surface area contributed by atoms with E-state index in [2.05, 4.69) is 29.0 Å². The van der Waals surface area contributed by atoms with Crippen LogP contribution in [-0.2, 0) is 0 Å². The molecule has 0 aromatic carbocycles. The smallest absolute Gasteiger partial charge is 0.270 e. The van der Waals surface area contributed by atoms with Crippen molar-refractivity contribution >= 4 is 11.6 Å². The maximum Gasteiger partial charge on any atom is 0.270 e. The topological polar surface area (TPSA) is 49.6 Å². The summed E-state index contributed by atoms with van der Waals surface area (Å²) in [7, 11) is 0. The van der Waals surface area contributed by atoms with Crippen LogP contribution in [0.5, 0.6) is 0 Å². The molecule has 0 spiro atoms. The molecule has 5 heteroatoms. The zero-order chi connectivity index (χ0) is 15.4. The van der Waals surface area contributed by atoms with Crippen LogP contribution in [0.25, 0.3) is 5.65 Å². The van der Waals surface area contributed by atoms with Crippen molar-refractivity contribution in [3.63, 3.8) is 0 Å². The lowest BCUT2D eigenvalue weighted by Crippen LogP contribution is -2.35. The molecule has 114 valence electrons. The summed E-state index contributed by atoms with van der Waals surface area (Å²) in [6.07, 6.45) is 1.91. The molecule has 1 amide bonds. The molecule has 0 saturated carbocycles. The van der Waals surface area contributed by atoms with E-state index in [0.717, 1.165) is 36.5 Å². The first-order valence-electron chi connectivity index (χ1n) is 7.52. The number of carbonyl (C=O) groups excluding carboxylic acids is 1. The number of aromatic nitrogens is 2. The standard InChI is InChI=1S/C16H24N4O/c1-5-19(6-2)10-8-17-16(21)15-13(4)18-14-11-12(3)7-9-20(14)15/h7,9,11H,5-6,8,10H2,1-4H3,(H,17,21). The van der Waals surface area contributed by atoms with Gasteiger partial charge in [-0.25, -0.2) is 4.98 Å². The fourth-order valence-corrected chi connectivity index (χ4v) is 2.49. The van der Waals surface area contributed by atoms with E-state index in [4.69, 9.17) is 0 Å². The summed E-state index contributed by atoms with van der Waals surface area (Å²) in [6, 6.07) is 3.97. The summed E-state index contributed by atoms with van der Waals surface area (Å²) < 4.78 is 1.86. The molecular formula is C16H24N4O. The van der Waals surface area contributed by atoms with Crippen LogP contribution in [-0.4, -0.2) is 46.4 Å². The maximum atomic E-state index is 12.4. The van der Waals surface area contributed by atoms with Gasteiger partial charge in [0, 0.05) is 19.3 Å². The van der Waals surface area contributed by atoms with Crippen molar-refractivity contribution in [1.29, 1.82) is 0 Å². The molecule has 21 heavy (non-hydrogen) atoms. The Kier molecular flexibility index (Phi) is 4.96. The third-order valence-corrected chi connectivity index (χ3v) is 3.78. The molecule has 0 aliphatic carbocycles. The Bertz CT molecular complexity index is 628. The van der Waals surface area contributed by atoms with Crippen molar-refractivity contribution in [2.45, 2.75) is 27.7 Å². The number of hydrogen-bond donors (Lipinski definition) is 1. The molecule has 5 nitrogen and oxygen atoms in total. The molecule has 0 unspecified atom stereocenters. The van der Waals surface area contributed by atoms with Crippen LogP contribution in [0.1, 0.15) is 35.6 Å². The predicted octanol–water partition coefficient (Wildman–Crippen LogP) is 2.02. The van der Waals surface area contributed by atoms with Gasteiger partial charge in [0.15, 0.2) is 0 Å². The second-order valence-corrected chi connectivity index (χ2v) is 5.26. The van der Waals surface area contributed by atoms with Gasteiger partial charge >= 0.3 is 0 Å². The van der Waals surface area contributed by atoms with E-state index < -0.39 is 0 Å². The normalized spacial score (nSPS) is 11.3. The monoisotopic (exact) mass is 288 g/mol. The molecule has 0 saturated heterocycles. The first-order chi connectivity index (χ1) is 10.1. The molecule has 2 heterocycles. The number of likely N-dealkylation sites (N-methyl/N-ethyl adjacent to an activating group) is 1. The lowest BCUT2D eigenvalue weighted by Gasteiger charge is -2.17. The quantitative estimate of drug-likeness (QED) is 0.885. The number of hydrogen-bond acceptors (Lipinski definition) is 3. The zero-order valence-corrected chi connectivity index (χ0v) is 13.3. The molecule has 2 aromatic heterocycles. The highest BCUT2D eigenvalue weighted by atomic mass is 16.1. The Balaban J connectivity index is 2.11. The molecule has 0 bridgehead atoms. The van der Waals surface area contributed by atoms with Crippen LogP contribution in [0.4, 0.5) is 0 Å². The van der Waals surface area contributed by atoms with E-state index in [0.29, 0.717) is 12.2 Å². The van der Waals surface area contributed by atoms with Gasteiger partial charge in [-0.05, 0) is 44.6 Å². The number of fused-ring (bicyclic) bond motifs is 1. The Hall–Kier alpha value is -1.88. The van der Waals surface area contributed by atoms with Gasteiger partial charge in [-0.1, -0.05) is 13.8 Å². The highest BCUT2D eigenvalue weighted by Crippen LogP contribution is 2.13. The van der Waals surface area contributed by atoms with Gasteiger partial charge in [0.25, 0.3) is 5.91 Å². The molecule has 0 aliphatic heterocycles. The van der Waals surface area contributed by atoms with Crippen molar-refractivity contribution < 1.29 is 4.79 Å². The first-order valence-corrected chi connectivity index (χ1v) is 7.52. The Morgan fingerprint density at radius 3 is 2.71 bits per heavy atom. The van der Waals surface area contributed by atoms with Gasteiger partial charge < -0.3 is 10.2 Å². The van der Waals surface area contributed by atoms with Crippen molar-refractivity contribution in [2.24, 2.45) is 0 Å².